The number of nitrogens with zero attached hydrogens (tertiary/aromatic N) is 2. The maximum atomic E-state index is 16.0. The number of nitrogens with one attached hydrogen (secondary N) is 1. The molecular formula is C26H29FN4O8. The summed E-state index contributed by atoms with van der Waals surface area (Å²) < 4.78 is 16.0. The molecule has 12 nitrogen and oxygen atoms in total. The second-order valence-corrected chi connectivity index (χ2v) is 10.9. The maximum absolute atomic E-state index is 16.0. The number of hydrogen-bond donors (Lipinski definition) is 6. The second-order valence-electron chi connectivity index (χ2n) is 10.9. The van der Waals surface area contributed by atoms with E-state index in [0.29, 0.717) is 0 Å². The molecule has 1 aliphatic heterocycles. The summed E-state index contributed by atoms with van der Waals surface area (Å²) in [5, 5.41) is 47.4. The summed E-state index contributed by atoms with van der Waals surface area (Å²) in [5.74, 6) is -9.56. The lowest BCUT2D eigenvalue weighted by Gasteiger charge is -2.50. The van der Waals surface area contributed by atoms with Crippen LogP contribution in [0.1, 0.15) is 30.0 Å². The van der Waals surface area contributed by atoms with Gasteiger partial charge in [0.1, 0.15) is 22.9 Å². The molecule has 0 unspecified atom stereocenters. The van der Waals surface area contributed by atoms with Crippen LogP contribution in [0.3, 0.4) is 0 Å². The highest BCUT2D eigenvalue weighted by molar-refractivity contribution is 6.24. The number of phenols is 1. The number of benzene rings is 1. The summed E-state index contributed by atoms with van der Waals surface area (Å²) in [6, 6.07) is -1.89. The Morgan fingerprint density at radius 1 is 1.18 bits per heavy atom. The monoisotopic (exact) mass is 544 g/mol. The number of carbonyl (C=O) groups is 4. The first-order chi connectivity index (χ1) is 18.1. The van der Waals surface area contributed by atoms with Gasteiger partial charge in [-0.1, -0.05) is 0 Å². The lowest BCUT2D eigenvalue weighted by molar-refractivity contribution is -0.153. The quantitative estimate of drug-likeness (QED) is 0.216. The lowest BCUT2D eigenvalue weighted by Crippen LogP contribution is -2.65. The number of hydrogen-bond acceptors (Lipinski definition) is 10. The number of aliphatic hydroxyl groups is 3. The van der Waals surface area contributed by atoms with Gasteiger partial charge >= 0.3 is 0 Å². The number of fused-ring (bicyclic) bond motifs is 4. The number of carbonyl (C=O) groups excluding carboxylic acids is 4. The van der Waals surface area contributed by atoms with Crippen LogP contribution in [0.5, 0.6) is 5.75 Å². The Balaban J connectivity index is 1.74. The molecule has 3 aliphatic carbocycles. The molecule has 1 heterocycles. The normalized spacial score (nSPS) is 30.9. The number of amides is 2. The molecule has 5 rings (SSSR count). The maximum Gasteiger partial charge on any atom is 0.255 e. The molecule has 1 aromatic carbocycles. The fourth-order valence-electron chi connectivity index (χ4n) is 6.49. The molecule has 39 heavy (non-hydrogen) atoms. The van der Waals surface area contributed by atoms with E-state index in [1.165, 1.54) is 19.0 Å². The minimum Gasteiger partial charge on any atom is -0.508 e. The molecular weight excluding hydrogens is 515 g/mol. The van der Waals surface area contributed by atoms with Crippen molar-refractivity contribution in [3.63, 3.8) is 0 Å². The number of primary amides is 1. The van der Waals surface area contributed by atoms with E-state index in [-0.39, 0.29) is 36.2 Å². The van der Waals surface area contributed by atoms with Crippen molar-refractivity contribution in [1.29, 1.82) is 0 Å². The number of phenolic OH excluding ortho intramolecular Hbond substituents is 1. The van der Waals surface area contributed by atoms with Crippen molar-refractivity contribution < 1.29 is 44.0 Å². The first kappa shape index (κ1) is 26.8. The Bertz CT molecular complexity index is 1450. The van der Waals surface area contributed by atoms with E-state index in [1.807, 2.05) is 0 Å². The smallest absolute Gasteiger partial charge is 0.255 e. The molecule has 208 valence electrons. The summed E-state index contributed by atoms with van der Waals surface area (Å²) in [6.07, 6.45) is -0.342. The Labute approximate surface area is 222 Å². The Morgan fingerprint density at radius 3 is 2.41 bits per heavy atom. The van der Waals surface area contributed by atoms with Gasteiger partial charge in [-0.25, -0.2) is 4.39 Å². The second kappa shape index (κ2) is 8.60. The van der Waals surface area contributed by atoms with Crippen LogP contribution in [0.2, 0.25) is 0 Å². The molecule has 0 aromatic heterocycles. The Morgan fingerprint density at radius 2 is 1.82 bits per heavy atom. The predicted molar refractivity (Wildman–Crippen MR) is 134 cm³/mol. The lowest BCUT2D eigenvalue weighted by atomic mass is 9.57. The largest absolute Gasteiger partial charge is 0.508 e. The van der Waals surface area contributed by atoms with Gasteiger partial charge in [0, 0.05) is 29.2 Å². The van der Waals surface area contributed by atoms with Crippen molar-refractivity contribution in [3.8, 4) is 5.75 Å². The van der Waals surface area contributed by atoms with Gasteiger partial charge < -0.3 is 31.5 Å². The van der Waals surface area contributed by atoms with E-state index < -0.39 is 92.7 Å². The third-order valence-electron chi connectivity index (χ3n) is 8.62. The minimum absolute atomic E-state index is 0.00651. The van der Waals surface area contributed by atoms with Gasteiger partial charge in [-0.05, 0) is 46.8 Å². The van der Waals surface area contributed by atoms with E-state index in [2.05, 4.69) is 5.32 Å². The van der Waals surface area contributed by atoms with Crippen LogP contribution < -0.4 is 11.1 Å². The number of likely N-dealkylation sites (N-methyl/N-ethyl adjacent to an activating group) is 2. The van der Waals surface area contributed by atoms with Crippen LogP contribution in [0.15, 0.2) is 16.9 Å². The van der Waals surface area contributed by atoms with Gasteiger partial charge in [-0.15, -0.1) is 0 Å². The molecule has 0 saturated heterocycles. The minimum atomic E-state index is -2.79. The SMILES string of the molecule is C[C@H]1C(=O)Nc2c(O)c3c(c(F)c2CN1C)C[C@H]1C[C@H]2[C@H](N(C)C)C(=O)C(C(N)=O)=C(O)[C@@]2(O)C(=O)C1=C3O. The van der Waals surface area contributed by atoms with Gasteiger partial charge in [-0.3, -0.25) is 29.0 Å². The third-order valence-corrected chi connectivity index (χ3v) is 8.62. The van der Waals surface area contributed by atoms with E-state index in [4.69, 9.17) is 5.73 Å². The topological polar surface area (TPSA) is 194 Å². The van der Waals surface area contributed by atoms with Gasteiger partial charge in [0.05, 0.1) is 23.3 Å². The fraction of sp³-hybridized carbons (Fsp3) is 0.462. The zero-order valence-electron chi connectivity index (χ0n) is 21.7. The number of aromatic hydroxyl groups is 1. The molecule has 1 fully saturated rings. The number of nitrogens with two attached hydrogens (primary N) is 1. The van der Waals surface area contributed by atoms with E-state index >= 15 is 4.39 Å². The summed E-state index contributed by atoms with van der Waals surface area (Å²) in [7, 11) is 4.60. The summed E-state index contributed by atoms with van der Waals surface area (Å²) in [6.45, 7) is 1.57. The summed E-state index contributed by atoms with van der Waals surface area (Å²) in [5.41, 5.74) is 0.454. The number of aliphatic hydroxyl groups excluding tert-OH is 2. The fourth-order valence-corrected chi connectivity index (χ4v) is 6.49. The van der Waals surface area contributed by atoms with Gasteiger partial charge in [-0.2, -0.15) is 0 Å². The molecule has 0 radical (unpaired) electrons. The molecule has 1 aromatic rings. The van der Waals surface area contributed by atoms with Crippen molar-refractivity contribution in [2.45, 2.75) is 44.0 Å². The molecule has 4 aliphatic rings. The molecule has 0 bridgehead atoms. The molecule has 2 amide bonds. The van der Waals surface area contributed by atoms with Crippen LogP contribution in [0, 0.1) is 17.7 Å². The molecule has 7 N–H and O–H groups in total. The highest BCUT2D eigenvalue weighted by atomic mass is 19.1. The molecule has 0 spiro atoms. The number of rotatable bonds is 2. The molecule has 13 heteroatoms. The van der Waals surface area contributed by atoms with E-state index in [1.54, 1.807) is 18.9 Å². The summed E-state index contributed by atoms with van der Waals surface area (Å²) in [4.78, 5) is 54.6. The first-order valence-corrected chi connectivity index (χ1v) is 12.4. The van der Waals surface area contributed by atoms with E-state index in [0.717, 1.165) is 0 Å². The van der Waals surface area contributed by atoms with Crippen LogP contribution in [0.25, 0.3) is 5.76 Å². The zero-order valence-corrected chi connectivity index (χ0v) is 21.7. The number of halogens is 1. The molecule has 1 saturated carbocycles. The first-order valence-electron chi connectivity index (χ1n) is 12.4. The van der Waals surface area contributed by atoms with Crippen LogP contribution >= 0.6 is 0 Å². The average Bonchev–Trinajstić information content (AvgIpc) is 2.96. The van der Waals surface area contributed by atoms with Gasteiger partial charge in [0.15, 0.2) is 17.1 Å². The number of ketones is 2. The Hall–Kier alpha value is -3.81. The number of Topliss-reactive ketones (excluding diaryl/α,β-unsaturated/α-hetero) is 2. The van der Waals surface area contributed by atoms with Crippen molar-refractivity contribution >= 4 is 34.8 Å². The predicted octanol–water partition coefficient (Wildman–Crippen LogP) is -0.124. The molecule has 5 atom stereocenters. The van der Waals surface area contributed by atoms with Gasteiger partial charge in [0.2, 0.25) is 11.7 Å². The van der Waals surface area contributed by atoms with E-state index in [9.17, 15) is 39.6 Å². The zero-order chi connectivity index (χ0) is 28.9. The van der Waals surface area contributed by atoms with Gasteiger partial charge in [0.25, 0.3) is 5.91 Å². The van der Waals surface area contributed by atoms with Crippen molar-refractivity contribution in [2.24, 2.45) is 17.6 Å². The van der Waals surface area contributed by atoms with Crippen LogP contribution in [0.4, 0.5) is 10.1 Å². The van der Waals surface area contributed by atoms with Crippen molar-refractivity contribution in [2.75, 3.05) is 26.5 Å². The highest BCUT2D eigenvalue weighted by Crippen LogP contribution is 2.54. The Kier molecular flexibility index (Phi) is 5.90. The van der Waals surface area contributed by atoms with Crippen molar-refractivity contribution in [3.05, 3.63) is 39.4 Å². The van der Waals surface area contributed by atoms with Crippen LogP contribution in [-0.4, -0.2) is 92.4 Å². The number of anilines is 1. The average molecular weight is 545 g/mol. The standard InChI is InChI=1S/C26H29FN4O8/c1-8-25(38)29-17-11(7-31(8)4)16(27)10-5-9-6-12-18(30(2)3)21(34)15(24(28)37)23(36)26(12,39)22(35)13(9)19(32)14(10)20(17)33/h8-9,12,18,32-33,36,39H,5-7H2,1-4H3,(H2,28,37)(H,29,38)/t8-,9-,12-,18-,26-/m0/s1. The summed E-state index contributed by atoms with van der Waals surface area (Å²) >= 11 is 0. The van der Waals surface area contributed by atoms with Crippen molar-refractivity contribution in [1.82, 2.24) is 9.80 Å². The van der Waals surface area contributed by atoms with Crippen LogP contribution in [-0.2, 0) is 32.1 Å². The third kappa shape index (κ3) is 3.39. The highest BCUT2D eigenvalue weighted by Gasteiger charge is 2.64.